The van der Waals surface area contributed by atoms with Gasteiger partial charge in [0.25, 0.3) is 0 Å². The van der Waals surface area contributed by atoms with E-state index < -0.39 is 10.0 Å². The number of hydrogen-bond acceptors (Lipinski definition) is 3. The van der Waals surface area contributed by atoms with Gasteiger partial charge in [-0.2, -0.15) is 12.6 Å². The number of hydrogen-bond donors (Lipinski definition) is 1. The number of rotatable bonds is 7. The van der Waals surface area contributed by atoms with E-state index in [1.165, 1.54) is 4.31 Å². The molecule has 23 heavy (non-hydrogen) atoms. The lowest BCUT2D eigenvalue weighted by atomic mass is 9.80. The third kappa shape index (κ3) is 4.16. The molecule has 2 aromatic carbocycles. The summed E-state index contributed by atoms with van der Waals surface area (Å²) in [5, 5.41) is 0. The van der Waals surface area contributed by atoms with Crippen LogP contribution in [0.15, 0.2) is 65.6 Å². The van der Waals surface area contributed by atoms with Crippen molar-refractivity contribution in [2.75, 3.05) is 19.3 Å². The molecule has 3 nitrogen and oxygen atoms in total. The second-order valence-electron chi connectivity index (χ2n) is 5.97. The number of thiol groups is 1. The lowest BCUT2D eigenvalue weighted by Crippen LogP contribution is -2.40. The Morgan fingerprint density at radius 2 is 1.52 bits per heavy atom. The molecule has 1 unspecified atom stereocenters. The van der Waals surface area contributed by atoms with Gasteiger partial charge in [0, 0.05) is 19.0 Å². The highest BCUT2D eigenvalue weighted by Gasteiger charge is 2.32. The fourth-order valence-corrected chi connectivity index (χ4v) is 4.56. The molecule has 0 aliphatic carbocycles. The first-order chi connectivity index (χ1) is 10.9. The highest BCUT2D eigenvalue weighted by Crippen LogP contribution is 2.30. The fourth-order valence-electron chi connectivity index (χ4n) is 2.75. The van der Waals surface area contributed by atoms with Crippen molar-refractivity contribution in [3.05, 3.63) is 66.2 Å². The van der Waals surface area contributed by atoms with Gasteiger partial charge in [-0.25, -0.2) is 12.7 Å². The predicted octanol–water partition coefficient (Wildman–Crippen LogP) is 3.58. The van der Waals surface area contributed by atoms with Crippen molar-refractivity contribution in [2.45, 2.75) is 23.7 Å². The Hall–Kier alpha value is -1.30. The van der Waals surface area contributed by atoms with Crippen LogP contribution in [0, 0.1) is 0 Å². The van der Waals surface area contributed by atoms with Gasteiger partial charge in [-0.05, 0) is 29.9 Å². The summed E-state index contributed by atoms with van der Waals surface area (Å²) in [6, 6.07) is 18.6. The largest absolute Gasteiger partial charge is 0.242 e. The van der Waals surface area contributed by atoms with Crippen molar-refractivity contribution >= 4 is 22.7 Å². The van der Waals surface area contributed by atoms with E-state index in [1.54, 1.807) is 31.3 Å². The number of benzene rings is 2. The molecular weight excluding hydrogens is 326 g/mol. The molecule has 0 bridgehead atoms. The first-order valence-corrected chi connectivity index (χ1v) is 9.65. The molecule has 0 heterocycles. The van der Waals surface area contributed by atoms with Crippen molar-refractivity contribution < 1.29 is 8.42 Å². The van der Waals surface area contributed by atoms with E-state index in [2.05, 4.69) is 19.6 Å². The molecule has 0 fully saturated rings. The average Bonchev–Trinajstić information content (AvgIpc) is 2.56. The molecule has 0 aromatic heterocycles. The minimum atomic E-state index is -3.49. The van der Waals surface area contributed by atoms with Crippen LogP contribution in [0.2, 0.25) is 0 Å². The van der Waals surface area contributed by atoms with Crippen molar-refractivity contribution in [3.63, 3.8) is 0 Å². The van der Waals surface area contributed by atoms with Crippen LogP contribution in [0.3, 0.4) is 0 Å². The second-order valence-corrected chi connectivity index (χ2v) is 8.47. The van der Waals surface area contributed by atoms with E-state index >= 15 is 0 Å². The van der Waals surface area contributed by atoms with Gasteiger partial charge in [-0.1, -0.05) is 55.5 Å². The normalized spacial score (nSPS) is 14.6. The van der Waals surface area contributed by atoms with Crippen LogP contribution < -0.4 is 0 Å². The number of likely N-dealkylation sites (N-methyl/N-ethyl adjacent to an activating group) is 1. The van der Waals surface area contributed by atoms with Gasteiger partial charge in [-0.3, -0.25) is 0 Å². The van der Waals surface area contributed by atoms with Gasteiger partial charge >= 0.3 is 0 Å². The number of nitrogens with zero attached hydrogens (tertiary/aromatic N) is 1. The Labute approximate surface area is 144 Å². The molecule has 0 aliphatic rings. The zero-order valence-corrected chi connectivity index (χ0v) is 15.2. The summed E-state index contributed by atoms with van der Waals surface area (Å²) in [6.07, 6.45) is 0.800. The molecule has 0 spiro atoms. The molecular formula is C18H23NO2S2. The molecule has 0 radical (unpaired) electrons. The third-order valence-electron chi connectivity index (χ3n) is 4.16. The second kappa shape index (κ2) is 7.51. The minimum absolute atomic E-state index is 0.278. The fraction of sp³-hybridized carbons (Fsp3) is 0.333. The van der Waals surface area contributed by atoms with E-state index in [0.29, 0.717) is 17.2 Å². The molecule has 5 heteroatoms. The summed E-state index contributed by atoms with van der Waals surface area (Å²) < 4.78 is 26.9. The Bertz CT molecular complexity index is 717. The number of sulfonamides is 1. The van der Waals surface area contributed by atoms with E-state index in [9.17, 15) is 8.42 Å². The van der Waals surface area contributed by atoms with E-state index in [1.807, 2.05) is 36.4 Å². The highest BCUT2D eigenvalue weighted by molar-refractivity contribution is 7.89. The summed E-state index contributed by atoms with van der Waals surface area (Å²) in [5.41, 5.74) is 0.851. The molecule has 0 saturated carbocycles. The third-order valence-corrected chi connectivity index (χ3v) is 6.20. The van der Waals surface area contributed by atoms with Gasteiger partial charge in [0.15, 0.2) is 0 Å². The van der Waals surface area contributed by atoms with E-state index in [-0.39, 0.29) is 5.41 Å². The monoisotopic (exact) mass is 349 g/mol. The van der Waals surface area contributed by atoms with E-state index in [4.69, 9.17) is 0 Å². The lowest BCUT2D eigenvalue weighted by Gasteiger charge is -2.33. The Balaban J connectivity index is 2.30. The maximum absolute atomic E-state index is 12.8. The quantitative estimate of drug-likeness (QED) is 0.776. The molecule has 2 rings (SSSR count). The van der Waals surface area contributed by atoms with Crippen LogP contribution in [0.1, 0.15) is 18.9 Å². The van der Waals surface area contributed by atoms with Gasteiger partial charge in [0.1, 0.15) is 0 Å². The van der Waals surface area contributed by atoms with Gasteiger partial charge < -0.3 is 0 Å². The van der Waals surface area contributed by atoms with Gasteiger partial charge in [-0.15, -0.1) is 0 Å². The van der Waals surface area contributed by atoms with Crippen LogP contribution in [0.25, 0.3) is 0 Å². The molecule has 124 valence electrons. The SMILES string of the molecule is CN(CC(C)(CCS)c1ccccc1)S(=O)(=O)c1ccccc1. The van der Waals surface area contributed by atoms with Crippen LogP contribution >= 0.6 is 12.6 Å². The summed E-state index contributed by atoms with van der Waals surface area (Å²) >= 11 is 4.36. The summed E-state index contributed by atoms with van der Waals surface area (Å²) in [4.78, 5) is 0.323. The Morgan fingerprint density at radius 3 is 2.04 bits per heavy atom. The van der Waals surface area contributed by atoms with Crippen molar-refractivity contribution in [3.8, 4) is 0 Å². The first-order valence-electron chi connectivity index (χ1n) is 7.58. The standard InChI is InChI=1S/C18H23NO2S2/c1-18(13-14-22,16-9-5-3-6-10-16)15-19(2)23(20,21)17-11-7-4-8-12-17/h3-12,22H,13-15H2,1-2H3. The summed E-state index contributed by atoms with van der Waals surface area (Å²) in [6.45, 7) is 2.50. The van der Waals surface area contributed by atoms with Gasteiger partial charge in [0.2, 0.25) is 10.0 Å². The van der Waals surface area contributed by atoms with Crippen molar-refractivity contribution in [1.82, 2.24) is 4.31 Å². The van der Waals surface area contributed by atoms with Crippen LogP contribution in [0.4, 0.5) is 0 Å². The van der Waals surface area contributed by atoms with Crippen molar-refractivity contribution in [2.24, 2.45) is 0 Å². The minimum Gasteiger partial charge on any atom is -0.207 e. The molecule has 0 amide bonds. The van der Waals surface area contributed by atoms with Crippen LogP contribution in [0.5, 0.6) is 0 Å². The summed E-state index contributed by atoms with van der Waals surface area (Å²) in [5.74, 6) is 0.699. The maximum atomic E-state index is 12.8. The molecule has 0 aliphatic heterocycles. The van der Waals surface area contributed by atoms with Crippen LogP contribution in [-0.4, -0.2) is 32.1 Å². The van der Waals surface area contributed by atoms with Crippen molar-refractivity contribution in [1.29, 1.82) is 0 Å². The average molecular weight is 350 g/mol. The highest BCUT2D eigenvalue weighted by atomic mass is 32.2. The zero-order chi connectivity index (χ0) is 16.9. The maximum Gasteiger partial charge on any atom is 0.242 e. The van der Waals surface area contributed by atoms with E-state index in [0.717, 1.165) is 12.0 Å². The molecule has 0 saturated heterocycles. The predicted molar refractivity (Wildman–Crippen MR) is 98.5 cm³/mol. The summed E-state index contributed by atoms with van der Waals surface area (Å²) in [7, 11) is -1.85. The zero-order valence-electron chi connectivity index (χ0n) is 13.5. The first kappa shape index (κ1) is 18.0. The molecule has 1 atom stereocenters. The Kier molecular flexibility index (Phi) is 5.89. The topological polar surface area (TPSA) is 37.4 Å². The molecule has 0 N–H and O–H groups in total. The van der Waals surface area contributed by atoms with Crippen LogP contribution in [-0.2, 0) is 15.4 Å². The Morgan fingerprint density at radius 1 is 1.00 bits per heavy atom. The van der Waals surface area contributed by atoms with Gasteiger partial charge in [0.05, 0.1) is 4.90 Å². The molecule has 2 aromatic rings. The lowest BCUT2D eigenvalue weighted by molar-refractivity contribution is 0.343. The smallest absolute Gasteiger partial charge is 0.207 e.